The average molecular weight is 208 g/mol. The Morgan fingerprint density at radius 3 is 2.53 bits per heavy atom. The van der Waals surface area contributed by atoms with Gasteiger partial charge in [-0.2, -0.15) is 5.10 Å². The molecule has 0 N–H and O–H groups in total. The van der Waals surface area contributed by atoms with Crippen LogP contribution in [0.2, 0.25) is 0 Å². The van der Waals surface area contributed by atoms with Gasteiger partial charge in [0.25, 0.3) is 5.56 Å². The lowest BCUT2D eigenvalue weighted by molar-refractivity contribution is 0.101. The third kappa shape index (κ3) is 2.32. The van der Waals surface area contributed by atoms with Crippen molar-refractivity contribution < 1.29 is 4.79 Å². The van der Waals surface area contributed by atoms with E-state index in [4.69, 9.17) is 0 Å². The Balaban J connectivity index is 3.45. The van der Waals surface area contributed by atoms with E-state index in [1.807, 2.05) is 20.8 Å². The number of rotatable bonds is 3. The van der Waals surface area contributed by atoms with Crippen LogP contribution in [-0.4, -0.2) is 15.6 Å². The zero-order valence-electron chi connectivity index (χ0n) is 9.57. The number of carbonyl (C=O) groups excluding carboxylic acids is 1. The molecule has 0 bridgehead atoms. The number of hydrogen-bond acceptors (Lipinski definition) is 3. The maximum atomic E-state index is 11.7. The maximum Gasteiger partial charge on any atom is 0.277 e. The molecule has 0 saturated carbocycles. The summed E-state index contributed by atoms with van der Waals surface area (Å²) in [5.74, 6) is 0.00741. The average Bonchev–Trinajstić information content (AvgIpc) is 2.17. The van der Waals surface area contributed by atoms with Crippen LogP contribution in [0.15, 0.2) is 10.9 Å². The van der Waals surface area contributed by atoms with E-state index in [2.05, 4.69) is 5.10 Å². The molecule has 0 atom stereocenters. The minimum Gasteiger partial charge on any atom is -0.294 e. The van der Waals surface area contributed by atoms with E-state index in [0.29, 0.717) is 6.54 Å². The predicted octanol–water partition coefficient (Wildman–Crippen LogP) is 1.59. The van der Waals surface area contributed by atoms with Crippen LogP contribution in [0, 0.1) is 0 Å². The van der Waals surface area contributed by atoms with Gasteiger partial charge >= 0.3 is 0 Å². The van der Waals surface area contributed by atoms with Crippen molar-refractivity contribution in [3.05, 3.63) is 27.7 Å². The minimum absolute atomic E-state index is 0.202. The van der Waals surface area contributed by atoms with Gasteiger partial charge in [0.2, 0.25) is 0 Å². The monoisotopic (exact) mass is 208 g/mol. The van der Waals surface area contributed by atoms with E-state index < -0.39 is 0 Å². The molecule has 0 saturated heterocycles. The van der Waals surface area contributed by atoms with E-state index in [1.54, 1.807) is 6.07 Å². The summed E-state index contributed by atoms with van der Waals surface area (Å²) >= 11 is 0. The van der Waals surface area contributed by atoms with Crippen LogP contribution in [0.25, 0.3) is 0 Å². The molecule has 82 valence electrons. The standard InChI is InChI=1S/C11H16N2O2/c1-5-13-11(15)9(8(4)14)6-10(12-13)7(2)3/h6-7H,5H2,1-4H3. The number of ketones is 1. The van der Waals surface area contributed by atoms with Crippen molar-refractivity contribution in [1.82, 2.24) is 9.78 Å². The van der Waals surface area contributed by atoms with Crippen molar-refractivity contribution in [3.8, 4) is 0 Å². The number of nitrogens with zero attached hydrogens (tertiary/aromatic N) is 2. The molecule has 0 aliphatic rings. The predicted molar refractivity (Wildman–Crippen MR) is 58.3 cm³/mol. The molecular formula is C11H16N2O2. The Morgan fingerprint density at radius 1 is 1.53 bits per heavy atom. The van der Waals surface area contributed by atoms with Crippen LogP contribution in [0.4, 0.5) is 0 Å². The second-order valence-electron chi connectivity index (χ2n) is 3.81. The number of Topliss-reactive ketones (excluding diaryl/α,β-unsaturated/α-hetero) is 1. The third-order valence-electron chi connectivity index (χ3n) is 2.26. The molecule has 0 fully saturated rings. The van der Waals surface area contributed by atoms with Crippen LogP contribution in [-0.2, 0) is 6.54 Å². The van der Waals surface area contributed by atoms with Gasteiger partial charge < -0.3 is 0 Å². The zero-order valence-corrected chi connectivity index (χ0v) is 9.57. The fourth-order valence-electron chi connectivity index (χ4n) is 1.31. The summed E-state index contributed by atoms with van der Waals surface area (Å²) in [6.45, 7) is 7.69. The second-order valence-corrected chi connectivity index (χ2v) is 3.81. The first-order valence-corrected chi connectivity index (χ1v) is 5.10. The lowest BCUT2D eigenvalue weighted by Gasteiger charge is -2.09. The van der Waals surface area contributed by atoms with Gasteiger partial charge in [-0.3, -0.25) is 9.59 Å². The Morgan fingerprint density at radius 2 is 2.13 bits per heavy atom. The van der Waals surface area contributed by atoms with Crippen LogP contribution in [0.1, 0.15) is 49.7 Å². The summed E-state index contributed by atoms with van der Waals surface area (Å²) in [5.41, 5.74) is 0.714. The highest BCUT2D eigenvalue weighted by atomic mass is 16.1. The number of carbonyl (C=O) groups is 1. The summed E-state index contributed by atoms with van der Waals surface area (Å²) in [5, 5.41) is 4.19. The fraction of sp³-hybridized carbons (Fsp3) is 0.545. The molecular weight excluding hydrogens is 192 g/mol. The molecule has 1 aromatic heterocycles. The Bertz CT molecular complexity index is 433. The van der Waals surface area contributed by atoms with Crippen molar-refractivity contribution in [1.29, 1.82) is 0 Å². The van der Waals surface area contributed by atoms with Gasteiger partial charge in [0.05, 0.1) is 11.3 Å². The highest BCUT2D eigenvalue weighted by Gasteiger charge is 2.12. The molecule has 0 amide bonds. The topological polar surface area (TPSA) is 52.0 Å². The van der Waals surface area contributed by atoms with Crippen molar-refractivity contribution >= 4 is 5.78 Å². The summed E-state index contributed by atoms with van der Waals surface area (Å²) in [4.78, 5) is 23.0. The van der Waals surface area contributed by atoms with Crippen LogP contribution in [0.5, 0.6) is 0 Å². The molecule has 0 radical (unpaired) electrons. The Labute approximate surface area is 88.9 Å². The molecule has 1 rings (SSSR count). The van der Waals surface area contributed by atoms with Crippen LogP contribution < -0.4 is 5.56 Å². The quantitative estimate of drug-likeness (QED) is 0.709. The Hall–Kier alpha value is -1.45. The SMILES string of the molecule is CCn1nc(C(C)C)cc(C(C)=O)c1=O. The van der Waals surface area contributed by atoms with Crippen molar-refractivity contribution in [3.63, 3.8) is 0 Å². The smallest absolute Gasteiger partial charge is 0.277 e. The van der Waals surface area contributed by atoms with E-state index in [0.717, 1.165) is 5.69 Å². The van der Waals surface area contributed by atoms with E-state index in [-0.39, 0.29) is 22.8 Å². The highest BCUT2D eigenvalue weighted by Crippen LogP contribution is 2.10. The minimum atomic E-state index is -0.297. The van der Waals surface area contributed by atoms with Gasteiger partial charge in [0.15, 0.2) is 5.78 Å². The van der Waals surface area contributed by atoms with Gasteiger partial charge in [0.1, 0.15) is 0 Å². The maximum absolute atomic E-state index is 11.7. The summed E-state index contributed by atoms with van der Waals surface area (Å²) in [6.07, 6.45) is 0. The lowest BCUT2D eigenvalue weighted by atomic mass is 10.1. The molecule has 0 spiro atoms. The highest BCUT2D eigenvalue weighted by molar-refractivity contribution is 5.93. The lowest BCUT2D eigenvalue weighted by Crippen LogP contribution is -2.28. The molecule has 0 unspecified atom stereocenters. The second kappa shape index (κ2) is 4.38. The molecule has 4 nitrogen and oxygen atoms in total. The fourth-order valence-corrected chi connectivity index (χ4v) is 1.31. The summed E-state index contributed by atoms with van der Waals surface area (Å²) < 4.78 is 1.34. The molecule has 0 aromatic carbocycles. The largest absolute Gasteiger partial charge is 0.294 e. The van der Waals surface area contributed by atoms with Crippen molar-refractivity contribution in [2.45, 2.75) is 40.2 Å². The molecule has 1 aromatic rings. The van der Waals surface area contributed by atoms with Gasteiger partial charge in [-0.25, -0.2) is 4.68 Å². The Kier molecular flexibility index (Phi) is 3.39. The number of aryl methyl sites for hydroxylation is 1. The molecule has 4 heteroatoms. The van der Waals surface area contributed by atoms with Crippen LogP contribution >= 0.6 is 0 Å². The normalized spacial score (nSPS) is 10.7. The van der Waals surface area contributed by atoms with Gasteiger partial charge in [-0.05, 0) is 25.8 Å². The number of aromatic nitrogens is 2. The van der Waals surface area contributed by atoms with E-state index in [9.17, 15) is 9.59 Å². The van der Waals surface area contributed by atoms with E-state index in [1.165, 1.54) is 11.6 Å². The molecule has 0 aliphatic carbocycles. The van der Waals surface area contributed by atoms with Gasteiger partial charge in [0, 0.05) is 6.54 Å². The van der Waals surface area contributed by atoms with Crippen molar-refractivity contribution in [2.75, 3.05) is 0 Å². The first-order chi connectivity index (χ1) is 6.97. The third-order valence-corrected chi connectivity index (χ3v) is 2.26. The first-order valence-electron chi connectivity index (χ1n) is 5.10. The first kappa shape index (κ1) is 11.6. The zero-order chi connectivity index (χ0) is 11.6. The van der Waals surface area contributed by atoms with Gasteiger partial charge in [-0.15, -0.1) is 0 Å². The molecule has 1 heterocycles. The molecule has 0 aliphatic heterocycles. The van der Waals surface area contributed by atoms with E-state index >= 15 is 0 Å². The summed E-state index contributed by atoms with van der Waals surface area (Å²) in [7, 11) is 0. The van der Waals surface area contributed by atoms with Gasteiger partial charge in [-0.1, -0.05) is 13.8 Å². The van der Waals surface area contributed by atoms with Crippen LogP contribution in [0.3, 0.4) is 0 Å². The molecule has 15 heavy (non-hydrogen) atoms. The van der Waals surface area contributed by atoms with Crippen molar-refractivity contribution in [2.24, 2.45) is 0 Å². The summed E-state index contributed by atoms with van der Waals surface area (Å²) in [6, 6.07) is 1.60. The number of hydrogen-bond donors (Lipinski definition) is 0.